The zero-order valence-corrected chi connectivity index (χ0v) is 19.0. The number of nitrogens with zero attached hydrogens (tertiary/aromatic N) is 2. The molecule has 1 fully saturated rings. The molecule has 7 nitrogen and oxygen atoms in total. The minimum Gasteiger partial charge on any atom is -0.376 e. The van der Waals surface area contributed by atoms with Crippen LogP contribution in [0.25, 0.3) is 0 Å². The minimum absolute atomic E-state index is 0.307. The third-order valence-electron chi connectivity index (χ3n) is 4.79. The topological polar surface area (TPSA) is 69.1 Å². The van der Waals surface area contributed by atoms with Crippen LogP contribution >= 0.6 is 12.2 Å². The smallest absolute Gasteiger partial charge is 0.243 e. The lowest BCUT2D eigenvalue weighted by Gasteiger charge is -2.27. The Bertz CT molecular complexity index is 760. The first-order chi connectivity index (χ1) is 13.2. The molecule has 0 aromatic heterocycles. The van der Waals surface area contributed by atoms with Crippen molar-refractivity contribution < 1.29 is 13.3 Å². The maximum absolute atomic E-state index is 13.0. The molecule has 3 N–H and O–H groups in total. The van der Waals surface area contributed by atoms with Gasteiger partial charge < -0.3 is 20.4 Å². The van der Waals surface area contributed by atoms with E-state index in [2.05, 4.69) is 24.7 Å². The molecule has 1 aromatic rings. The summed E-state index contributed by atoms with van der Waals surface area (Å²) in [6.45, 7) is 3.02. The van der Waals surface area contributed by atoms with Gasteiger partial charge in [-0.1, -0.05) is 6.42 Å². The van der Waals surface area contributed by atoms with Crippen LogP contribution in [-0.2, 0) is 10.0 Å². The zero-order valence-electron chi connectivity index (χ0n) is 17.4. The molecule has 158 valence electrons. The lowest BCUT2D eigenvalue weighted by Crippen LogP contribution is -3.05. The molecule has 28 heavy (non-hydrogen) atoms. The Kier molecular flexibility index (Phi) is 8.48. The number of hydrogen-bond donors (Lipinski definition) is 3. The Hall–Kier alpha value is -1.42. The minimum atomic E-state index is -3.48. The van der Waals surface area contributed by atoms with Crippen molar-refractivity contribution in [2.45, 2.75) is 30.6 Å². The van der Waals surface area contributed by atoms with E-state index in [-0.39, 0.29) is 0 Å². The molecule has 1 aliphatic heterocycles. The van der Waals surface area contributed by atoms with Gasteiger partial charge in [-0.2, -0.15) is 4.31 Å². The summed E-state index contributed by atoms with van der Waals surface area (Å²) in [4.78, 5) is 3.64. The lowest BCUT2D eigenvalue weighted by atomic mass is 10.2. The van der Waals surface area contributed by atoms with Crippen LogP contribution in [0.2, 0.25) is 0 Å². The second-order valence-electron chi connectivity index (χ2n) is 7.73. The standard InChI is InChI=1S/C19H33N5O2S2/c1-22(2)12-8-11-20-19(27)21-17-15-16(9-10-18(17)23(3)4)28(25,26)24-13-6-5-7-14-24/h9-10,15H,5-8,11-14H2,1-4H3,(H2,20,21,27)/p+1. The van der Waals surface area contributed by atoms with Gasteiger partial charge in [-0.3, -0.25) is 0 Å². The maximum atomic E-state index is 13.0. The van der Waals surface area contributed by atoms with E-state index in [1.54, 1.807) is 16.4 Å². The Labute approximate surface area is 175 Å². The fraction of sp³-hybridized carbons (Fsp3) is 0.632. The highest BCUT2D eigenvalue weighted by molar-refractivity contribution is 7.89. The largest absolute Gasteiger partial charge is 0.376 e. The van der Waals surface area contributed by atoms with Crippen LogP contribution in [0.5, 0.6) is 0 Å². The van der Waals surface area contributed by atoms with Gasteiger partial charge in [0.1, 0.15) is 0 Å². The van der Waals surface area contributed by atoms with E-state index in [4.69, 9.17) is 12.2 Å². The molecular formula is C19H34N5O2S2+. The molecule has 2 rings (SSSR count). The fourth-order valence-electron chi connectivity index (χ4n) is 3.23. The Morgan fingerprint density at radius 1 is 1.21 bits per heavy atom. The number of anilines is 2. The van der Waals surface area contributed by atoms with E-state index < -0.39 is 10.0 Å². The Balaban J connectivity index is 2.15. The maximum Gasteiger partial charge on any atom is 0.243 e. The number of quaternary nitrogens is 1. The van der Waals surface area contributed by atoms with Crippen LogP contribution in [0.15, 0.2) is 23.1 Å². The highest BCUT2D eigenvalue weighted by Crippen LogP contribution is 2.30. The van der Waals surface area contributed by atoms with Gasteiger partial charge in [0.15, 0.2) is 5.11 Å². The van der Waals surface area contributed by atoms with Crippen molar-refractivity contribution in [3.63, 3.8) is 0 Å². The van der Waals surface area contributed by atoms with E-state index >= 15 is 0 Å². The zero-order chi connectivity index (χ0) is 20.7. The summed E-state index contributed by atoms with van der Waals surface area (Å²) in [7, 11) is 4.61. The van der Waals surface area contributed by atoms with Gasteiger partial charge >= 0.3 is 0 Å². The molecule has 1 saturated heterocycles. The van der Waals surface area contributed by atoms with Gasteiger partial charge in [-0.15, -0.1) is 0 Å². The Morgan fingerprint density at radius 3 is 2.50 bits per heavy atom. The van der Waals surface area contributed by atoms with Gasteiger partial charge in [0, 0.05) is 40.2 Å². The van der Waals surface area contributed by atoms with Crippen molar-refractivity contribution in [2.75, 3.05) is 64.6 Å². The van der Waals surface area contributed by atoms with E-state index in [0.29, 0.717) is 28.8 Å². The highest BCUT2D eigenvalue weighted by atomic mass is 32.2. The third-order valence-corrected chi connectivity index (χ3v) is 6.93. The van der Waals surface area contributed by atoms with Crippen LogP contribution < -0.4 is 20.4 Å². The van der Waals surface area contributed by atoms with Gasteiger partial charge in [-0.25, -0.2) is 8.42 Å². The number of rotatable bonds is 8. The summed E-state index contributed by atoms with van der Waals surface area (Å²) < 4.78 is 27.6. The number of benzene rings is 1. The molecule has 0 aliphatic carbocycles. The SMILES string of the molecule is CN(C)c1ccc(S(=O)(=O)N2CCCCC2)cc1NC(=S)NCCC[NH+](C)C. The number of piperidine rings is 1. The number of thiocarbonyl (C=S) groups is 1. The van der Waals surface area contributed by atoms with Crippen LogP contribution in [0, 0.1) is 0 Å². The van der Waals surface area contributed by atoms with Crippen molar-refractivity contribution >= 4 is 38.7 Å². The summed E-state index contributed by atoms with van der Waals surface area (Å²) in [6.07, 6.45) is 3.94. The molecule has 1 aromatic carbocycles. The van der Waals surface area contributed by atoms with Crippen molar-refractivity contribution in [1.29, 1.82) is 0 Å². The van der Waals surface area contributed by atoms with E-state index in [1.165, 1.54) is 4.90 Å². The lowest BCUT2D eigenvalue weighted by molar-refractivity contribution is -0.858. The monoisotopic (exact) mass is 428 g/mol. The molecule has 1 heterocycles. The first-order valence-electron chi connectivity index (χ1n) is 9.87. The number of sulfonamides is 1. The Morgan fingerprint density at radius 2 is 1.89 bits per heavy atom. The first-order valence-corrected chi connectivity index (χ1v) is 11.7. The van der Waals surface area contributed by atoms with E-state index in [0.717, 1.165) is 44.5 Å². The molecule has 0 amide bonds. The summed E-state index contributed by atoms with van der Waals surface area (Å²) in [5.41, 5.74) is 1.58. The quantitative estimate of drug-likeness (QED) is 0.419. The highest BCUT2D eigenvalue weighted by Gasteiger charge is 2.26. The van der Waals surface area contributed by atoms with Gasteiger partial charge in [-0.05, 0) is 43.3 Å². The molecule has 9 heteroatoms. The first kappa shape index (κ1) is 22.9. The molecule has 0 spiro atoms. The van der Waals surface area contributed by atoms with Crippen LogP contribution in [-0.4, -0.2) is 72.2 Å². The second-order valence-corrected chi connectivity index (χ2v) is 10.1. The van der Waals surface area contributed by atoms with E-state index in [9.17, 15) is 8.42 Å². The summed E-state index contributed by atoms with van der Waals surface area (Å²) in [6, 6.07) is 5.20. The van der Waals surface area contributed by atoms with Gasteiger partial charge in [0.2, 0.25) is 10.0 Å². The molecular weight excluding hydrogens is 394 g/mol. The van der Waals surface area contributed by atoms with Crippen molar-refractivity contribution in [3.05, 3.63) is 18.2 Å². The average Bonchev–Trinajstić information content (AvgIpc) is 2.65. The van der Waals surface area contributed by atoms with Crippen molar-refractivity contribution in [1.82, 2.24) is 9.62 Å². The van der Waals surface area contributed by atoms with Gasteiger partial charge in [0.25, 0.3) is 0 Å². The van der Waals surface area contributed by atoms with Gasteiger partial charge in [0.05, 0.1) is 36.9 Å². The predicted molar refractivity (Wildman–Crippen MR) is 120 cm³/mol. The number of hydrogen-bond acceptors (Lipinski definition) is 4. The summed E-state index contributed by atoms with van der Waals surface area (Å²) in [5, 5.41) is 6.89. The summed E-state index contributed by atoms with van der Waals surface area (Å²) in [5.74, 6) is 0. The molecule has 0 atom stereocenters. The second kappa shape index (κ2) is 10.4. The molecule has 1 aliphatic rings. The predicted octanol–water partition coefficient (Wildman–Crippen LogP) is 0.748. The fourth-order valence-corrected chi connectivity index (χ4v) is 4.99. The number of nitrogens with one attached hydrogen (secondary N) is 3. The van der Waals surface area contributed by atoms with Crippen molar-refractivity contribution in [3.8, 4) is 0 Å². The molecule has 0 bridgehead atoms. The molecule has 0 saturated carbocycles. The normalized spacial score (nSPS) is 15.5. The third kappa shape index (κ3) is 6.30. The van der Waals surface area contributed by atoms with E-state index in [1.807, 2.05) is 25.1 Å². The molecule has 0 unspecified atom stereocenters. The molecule has 0 radical (unpaired) electrons. The van der Waals surface area contributed by atoms with Crippen LogP contribution in [0.3, 0.4) is 0 Å². The summed E-state index contributed by atoms with van der Waals surface area (Å²) >= 11 is 5.42. The van der Waals surface area contributed by atoms with Crippen LogP contribution in [0.1, 0.15) is 25.7 Å². The van der Waals surface area contributed by atoms with Crippen molar-refractivity contribution in [2.24, 2.45) is 0 Å². The average molecular weight is 429 g/mol. The van der Waals surface area contributed by atoms with Crippen LogP contribution in [0.4, 0.5) is 11.4 Å².